The van der Waals surface area contributed by atoms with Gasteiger partial charge in [0.1, 0.15) is 0 Å². The van der Waals surface area contributed by atoms with E-state index in [1.807, 2.05) is 6.92 Å². The highest BCUT2D eigenvalue weighted by molar-refractivity contribution is 6.31. The Kier molecular flexibility index (Phi) is 2.68. The van der Waals surface area contributed by atoms with Crippen molar-refractivity contribution in [2.24, 2.45) is 5.90 Å². The molecular weight excluding hydrogens is 176 g/mol. The Morgan fingerprint density at radius 3 is 2.83 bits per heavy atom. The van der Waals surface area contributed by atoms with Crippen LogP contribution in [0.2, 0.25) is 5.02 Å². The maximum Gasteiger partial charge on any atom is 0.237 e. The lowest BCUT2D eigenvalue weighted by atomic mass is 10.1. The van der Waals surface area contributed by atoms with Gasteiger partial charge in [0.2, 0.25) is 5.90 Å². The van der Waals surface area contributed by atoms with Crippen LogP contribution in [0.5, 0.6) is 0 Å². The second-order valence-electron chi connectivity index (χ2n) is 2.36. The summed E-state index contributed by atoms with van der Waals surface area (Å²) in [6.45, 7) is 1.81. The molecular formula is C8H9ClN2O. The molecule has 0 aliphatic rings. The standard InChI is InChI=1S/C8H9ClN2O/c1-5-6(8(10)12-11)3-2-4-7(5)9/h2-4,10H,11H2,1H3. The van der Waals surface area contributed by atoms with Gasteiger partial charge in [0, 0.05) is 10.6 Å². The summed E-state index contributed by atoms with van der Waals surface area (Å²) in [6, 6.07) is 5.23. The van der Waals surface area contributed by atoms with Crippen LogP contribution in [-0.4, -0.2) is 5.90 Å². The summed E-state index contributed by atoms with van der Waals surface area (Å²) >= 11 is 5.82. The Labute approximate surface area is 75.6 Å². The van der Waals surface area contributed by atoms with Crippen LogP contribution in [0.25, 0.3) is 0 Å². The molecule has 0 aliphatic carbocycles. The third-order valence-corrected chi connectivity index (χ3v) is 2.04. The van der Waals surface area contributed by atoms with Crippen LogP contribution in [-0.2, 0) is 4.84 Å². The lowest BCUT2D eigenvalue weighted by Gasteiger charge is -2.05. The largest absolute Gasteiger partial charge is 0.391 e. The number of hydrogen-bond acceptors (Lipinski definition) is 3. The molecule has 0 spiro atoms. The number of nitrogens with one attached hydrogen (secondary N) is 1. The molecule has 0 unspecified atom stereocenters. The zero-order valence-corrected chi connectivity index (χ0v) is 7.35. The van der Waals surface area contributed by atoms with E-state index >= 15 is 0 Å². The Morgan fingerprint density at radius 2 is 2.25 bits per heavy atom. The van der Waals surface area contributed by atoms with Crippen molar-refractivity contribution < 1.29 is 4.84 Å². The van der Waals surface area contributed by atoms with Crippen molar-refractivity contribution in [1.82, 2.24) is 0 Å². The minimum absolute atomic E-state index is 0.0741. The summed E-state index contributed by atoms with van der Waals surface area (Å²) in [5.41, 5.74) is 1.42. The number of halogens is 1. The highest BCUT2D eigenvalue weighted by Crippen LogP contribution is 2.18. The van der Waals surface area contributed by atoms with E-state index in [9.17, 15) is 0 Å². The molecule has 0 saturated heterocycles. The minimum atomic E-state index is -0.0741. The van der Waals surface area contributed by atoms with Gasteiger partial charge in [0.25, 0.3) is 0 Å². The molecule has 12 heavy (non-hydrogen) atoms. The van der Waals surface area contributed by atoms with E-state index in [1.54, 1.807) is 18.2 Å². The van der Waals surface area contributed by atoms with Crippen molar-refractivity contribution in [1.29, 1.82) is 5.41 Å². The summed E-state index contributed by atoms with van der Waals surface area (Å²) in [5, 5.41) is 7.92. The molecule has 0 saturated carbocycles. The van der Waals surface area contributed by atoms with Gasteiger partial charge in [-0.2, -0.15) is 5.90 Å². The molecule has 0 aromatic heterocycles. The average molecular weight is 185 g/mol. The van der Waals surface area contributed by atoms with Crippen molar-refractivity contribution >= 4 is 17.5 Å². The van der Waals surface area contributed by atoms with Crippen molar-refractivity contribution in [3.8, 4) is 0 Å². The monoisotopic (exact) mass is 184 g/mol. The summed E-state index contributed by atoms with van der Waals surface area (Å²) < 4.78 is 0. The van der Waals surface area contributed by atoms with Gasteiger partial charge in [-0.3, -0.25) is 5.41 Å². The van der Waals surface area contributed by atoms with E-state index in [4.69, 9.17) is 22.9 Å². The van der Waals surface area contributed by atoms with E-state index in [-0.39, 0.29) is 5.90 Å². The molecule has 1 aromatic carbocycles. The quantitative estimate of drug-likeness (QED) is 0.398. The molecule has 0 fully saturated rings. The molecule has 3 N–H and O–H groups in total. The van der Waals surface area contributed by atoms with Gasteiger partial charge in [-0.1, -0.05) is 17.7 Å². The Balaban J connectivity index is 3.16. The Hall–Kier alpha value is -1.06. The van der Waals surface area contributed by atoms with Crippen molar-refractivity contribution in [3.05, 3.63) is 34.3 Å². The second kappa shape index (κ2) is 3.56. The number of hydrogen-bond donors (Lipinski definition) is 2. The predicted molar refractivity (Wildman–Crippen MR) is 48.3 cm³/mol. The van der Waals surface area contributed by atoms with Crippen LogP contribution < -0.4 is 5.90 Å². The molecule has 4 heteroatoms. The molecule has 1 aromatic rings. The highest BCUT2D eigenvalue weighted by atomic mass is 35.5. The van der Waals surface area contributed by atoms with Gasteiger partial charge in [0.05, 0.1) is 0 Å². The zero-order chi connectivity index (χ0) is 9.14. The lowest BCUT2D eigenvalue weighted by molar-refractivity contribution is 0.319. The third-order valence-electron chi connectivity index (χ3n) is 1.63. The first kappa shape index (κ1) is 9.03. The lowest BCUT2D eigenvalue weighted by Crippen LogP contribution is -2.11. The summed E-state index contributed by atoms with van der Waals surface area (Å²) in [5.74, 6) is 4.78. The summed E-state index contributed by atoms with van der Waals surface area (Å²) in [4.78, 5) is 4.30. The SMILES string of the molecule is Cc1c(Cl)cccc1C(=N)ON. The average Bonchev–Trinajstić information content (AvgIpc) is 2.08. The van der Waals surface area contributed by atoms with Crippen LogP contribution in [0, 0.1) is 12.3 Å². The molecule has 0 atom stereocenters. The van der Waals surface area contributed by atoms with Gasteiger partial charge >= 0.3 is 0 Å². The fourth-order valence-electron chi connectivity index (χ4n) is 0.917. The van der Waals surface area contributed by atoms with Crippen LogP contribution in [0.4, 0.5) is 0 Å². The van der Waals surface area contributed by atoms with E-state index in [0.29, 0.717) is 10.6 Å². The second-order valence-corrected chi connectivity index (χ2v) is 2.77. The normalized spacial score (nSPS) is 9.58. The van der Waals surface area contributed by atoms with Crippen molar-refractivity contribution in [3.63, 3.8) is 0 Å². The minimum Gasteiger partial charge on any atom is -0.391 e. The first-order chi connectivity index (χ1) is 5.66. The summed E-state index contributed by atoms with van der Waals surface area (Å²) in [7, 11) is 0. The molecule has 0 radical (unpaired) electrons. The molecule has 0 aliphatic heterocycles. The number of rotatable bonds is 1. The predicted octanol–water partition coefficient (Wildman–Crippen LogP) is 1.86. The first-order valence-electron chi connectivity index (χ1n) is 3.37. The molecule has 0 heterocycles. The van der Waals surface area contributed by atoms with Crippen LogP contribution >= 0.6 is 11.6 Å². The summed E-state index contributed by atoms with van der Waals surface area (Å²) in [6.07, 6.45) is 0. The zero-order valence-electron chi connectivity index (χ0n) is 6.60. The first-order valence-corrected chi connectivity index (χ1v) is 3.75. The van der Waals surface area contributed by atoms with Gasteiger partial charge < -0.3 is 4.84 Å². The fraction of sp³-hybridized carbons (Fsp3) is 0.125. The van der Waals surface area contributed by atoms with E-state index in [1.165, 1.54) is 0 Å². The smallest absolute Gasteiger partial charge is 0.237 e. The molecule has 64 valence electrons. The van der Waals surface area contributed by atoms with Gasteiger partial charge in [-0.15, -0.1) is 0 Å². The Morgan fingerprint density at radius 1 is 1.58 bits per heavy atom. The molecule has 0 bridgehead atoms. The van der Waals surface area contributed by atoms with Crippen molar-refractivity contribution in [2.45, 2.75) is 6.92 Å². The molecule has 0 amide bonds. The van der Waals surface area contributed by atoms with E-state index < -0.39 is 0 Å². The van der Waals surface area contributed by atoms with Gasteiger partial charge in [-0.05, 0) is 24.6 Å². The Bertz CT molecular complexity index is 312. The van der Waals surface area contributed by atoms with Crippen LogP contribution in [0.15, 0.2) is 18.2 Å². The van der Waals surface area contributed by atoms with Crippen LogP contribution in [0.1, 0.15) is 11.1 Å². The number of benzene rings is 1. The van der Waals surface area contributed by atoms with Gasteiger partial charge in [0.15, 0.2) is 0 Å². The topological polar surface area (TPSA) is 59.1 Å². The van der Waals surface area contributed by atoms with E-state index in [2.05, 4.69) is 4.84 Å². The fourth-order valence-corrected chi connectivity index (χ4v) is 1.09. The molecule has 1 rings (SSSR count). The van der Waals surface area contributed by atoms with Crippen molar-refractivity contribution in [2.75, 3.05) is 0 Å². The highest BCUT2D eigenvalue weighted by Gasteiger charge is 2.07. The third kappa shape index (κ3) is 1.57. The number of nitrogens with two attached hydrogens (primary N) is 1. The maximum atomic E-state index is 7.31. The van der Waals surface area contributed by atoms with Crippen LogP contribution in [0.3, 0.4) is 0 Å². The van der Waals surface area contributed by atoms with E-state index in [0.717, 1.165) is 5.56 Å². The maximum absolute atomic E-state index is 7.31. The van der Waals surface area contributed by atoms with Gasteiger partial charge in [-0.25, -0.2) is 0 Å². The molecule has 3 nitrogen and oxygen atoms in total.